The summed E-state index contributed by atoms with van der Waals surface area (Å²) in [5.41, 5.74) is 2.95. The Hall–Kier alpha value is -1.64. The third-order valence-corrected chi connectivity index (χ3v) is 5.93. The normalized spacial score (nSPS) is 27.1. The van der Waals surface area contributed by atoms with Crippen LogP contribution >= 0.6 is 0 Å². The van der Waals surface area contributed by atoms with Crippen molar-refractivity contribution in [3.63, 3.8) is 0 Å². The number of quaternary nitrogens is 2. The highest BCUT2D eigenvalue weighted by Crippen LogP contribution is 2.18. The average Bonchev–Trinajstić information content (AvgIpc) is 2.64. The van der Waals surface area contributed by atoms with Gasteiger partial charge in [0.2, 0.25) is 0 Å². The maximum Gasteiger partial charge on any atom is 0.128 e. The van der Waals surface area contributed by atoms with Crippen LogP contribution in [0.1, 0.15) is 11.1 Å². The lowest BCUT2D eigenvalue weighted by Gasteiger charge is -2.46. The van der Waals surface area contributed by atoms with Gasteiger partial charge >= 0.3 is 0 Å². The van der Waals surface area contributed by atoms with Crippen molar-refractivity contribution >= 4 is 0 Å². The Morgan fingerprint density at radius 2 is 0.917 bits per heavy atom. The third-order valence-electron chi connectivity index (χ3n) is 5.93. The molecule has 0 saturated carbocycles. The summed E-state index contributed by atoms with van der Waals surface area (Å²) >= 11 is 0. The van der Waals surface area contributed by atoms with E-state index in [1.54, 1.807) is 0 Å². The fourth-order valence-electron chi connectivity index (χ4n) is 3.72. The molecule has 0 bridgehead atoms. The lowest BCUT2D eigenvalue weighted by atomic mass is 10.1. The van der Waals surface area contributed by atoms with Gasteiger partial charge in [0.1, 0.15) is 26.2 Å². The minimum atomic E-state index is 1.20. The first-order valence-electron chi connectivity index (χ1n) is 9.32. The molecule has 0 spiro atoms. The zero-order valence-electron chi connectivity index (χ0n) is 15.3. The molecular weight excluding hydrogens is 292 g/mol. The summed E-state index contributed by atoms with van der Waals surface area (Å²) in [7, 11) is 4.90. The minimum Gasteiger partial charge on any atom is -0.316 e. The first kappa shape index (κ1) is 17.2. The van der Waals surface area contributed by atoms with E-state index < -0.39 is 0 Å². The van der Waals surface area contributed by atoms with E-state index in [-0.39, 0.29) is 0 Å². The van der Waals surface area contributed by atoms with Crippen molar-refractivity contribution in [2.45, 2.75) is 12.8 Å². The Labute approximate surface area is 147 Å². The summed E-state index contributed by atoms with van der Waals surface area (Å²) in [6.45, 7) is 7.75. The molecule has 1 aliphatic heterocycles. The van der Waals surface area contributed by atoms with Crippen molar-refractivity contribution < 1.29 is 8.97 Å². The van der Waals surface area contributed by atoms with Gasteiger partial charge in [0, 0.05) is 12.8 Å². The van der Waals surface area contributed by atoms with Gasteiger partial charge in [-0.3, -0.25) is 0 Å². The highest BCUT2D eigenvalue weighted by Gasteiger charge is 2.36. The Bertz CT molecular complexity index is 555. The Morgan fingerprint density at radius 1 is 0.583 bits per heavy atom. The minimum absolute atomic E-state index is 1.20. The third kappa shape index (κ3) is 4.68. The van der Waals surface area contributed by atoms with Crippen molar-refractivity contribution in [3.8, 4) is 0 Å². The molecule has 128 valence electrons. The maximum atomic E-state index is 2.45. The summed E-state index contributed by atoms with van der Waals surface area (Å²) in [4.78, 5) is 0. The Morgan fingerprint density at radius 3 is 1.25 bits per heavy atom. The first-order chi connectivity index (χ1) is 11.6. The van der Waals surface area contributed by atoms with Gasteiger partial charge < -0.3 is 8.97 Å². The van der Waals surface area contributed by atoms with Crippen molar-refractivity contribution in [1.29, 1.82) is 0 Å². The zero-order chi connectivity index (χ0) is 16.9. The van der Waals surface area contributed by atoms with Crippen LogP contribution in [0.5, 0.6) is 0 Å². The van der Waals surface area contributed by atoms with Crippen LogP contribution in [0, 0.1) is 0 Å². The van der Waals surface area contributed by atoms with Crippen LogP contribution in [0.4, 0.5) is 0 Å². The molecule has 0 aromatic heterocycles. The quantitative estimate of drug-likeness (QED) is 0.715. The topological polar surface area (TPSA) is 0 Å². The number of benzene rings is 2. The molecule has 0 aliphatic carbocycles. The number of piperazine rings is 1. The Kier molecular flexibility index (Phi) is 5.37. The van der Waals surface area contributed by atoms with Crippen molar-refractivity contribution in [2.75, 3.05) is 53.4 Å². The molecule has 1 heterocycles. The molecular formula is C22H32N2+2. The molecule has 0 radical (unpaired) electrons. The van der Waals surface area contributed by atoms with Crippen LogP contribution in [-0.2, 0) is 12.8 Å². The maximum absolute atomic E-state index is 2.45. The van der Waals surface area contributed by atoms with Gasteiger partial charge in [-0.05, 0) is 11.1 Å². The molecule has 1 saturated heterocycles. The molecule has 2 heteroatoms. The van der Waals surface area contributed by atoms with Crippen molar-refractivity contribution in [3.05, 3.63) is 71.8 Å². The molecule has 0 amide bonds. The molecule has 2 nitrogen and oxygen atoms in total. The van der Waals surface area contributed by atoms with Crippen LogP contribution in [0.25, 0.3) is 0 Å². The molecule has 0 atom stereocenters. The van der Waals surface area contributed by atoms with Crippen molar-refractivity contribution in [2.24, 2.45) is 0 Å². The molecule has 1 aliphatic rings. The van der Waals surface area contributed by atoms with E-state index in [4.69, 9.17) is 0 Å². The summed E-state index contributed by atoms with van der Waals surface area (Å²) in [5, 5.41) is 0. The summed E-state index contributed by atoms with van der Waals surface area (Å²) in [6, 6.07) is 21.9. The SMILES string of the molecule is C[N+]1(CCc2ccccc2)CC[N+](C)(CCc2ccccc2)CC1. The smallest absolute Gasteiger partial charge is 0.128 e. The fourth-order valence-corrected chi connectivity index (χ4v) is 3.72. The van der Waals surface area contributed by atoms with E-state index in [2.05, 4.69) is 74.8 Å². The second-order valence-corrected chi connectivity index (χ2v) is 8.05. The van der Waals surface area contributed by atoms with E-state index in [1.807, 2.05) is 0 Å². The molecule has 24 heavy (non-hydrogen) atoms. The van der Waals surface area contributed by atoms with E-state index in [9.17, 15) is 0 Å². The predicted molar refractivity (Wildman–Crippen MR) is 102 cm³/mol. The Balaban J connectivity index is 1.48. The second-order valence-electron chi connectivity index (χ2n) is 8.05. The van der Waals surface area contributed by atoms with Gasteiger partial charge in [-0.25, -0.2) is 0 Å². The number of hydrogen-bond acceptors (Lipinski definition) is 0. The molecule has 3 rings (SSSR count). The van der Waals surface area contributed by atoms with Gasteiger partial charge in [0.15, 0.2) is 0 Å². The van der Waals surface area contributed by atoms with Gasteiger partial charge in [-0.15, -0.1) is 0 Å². The second kappa shape index (κ2) is 7.50. The highest BCUT2D eigenvalue weighted by atomic mass is 15.4. The molecule has 2 aromatic rings. The van der Waals surface area contributed by atoms with Crippen LogP contribution in [-0.4, -0.2) is 62.3 Å². The predicted octanol–water partition coefficient (Wildman–Crippen LogP) is 3.38. The van der Waals surface area contributed by atoms with Gasteiger partial charge in [-0.1, -0.05) is 60.7 Å². The monoisotopic (exact) mass is 324 g/mol. The summed E-state index contributed by atoms with van der Waals surface area (Å²) in [5.74, 6) is 0. The number of nitrogens with zero attached hydrogens (tertiary/aromatic N) is 2. The van der Waals surface area contributed by atoms with Gasteiger partial charge in [0.05, 0.1) is 27.2 Å². The highest BCUT2D eigenvalue weighted by molar-refractivity contribution is 5.15. The van der Waals surface area contributed by atoms with E-state index in [0.717, 1.165) is 0 Å². The van der Waals surface area contributed by atoms with Crippen LogP contribution in [0.2, 0.25) is 0 Å². The van der Waals surface area contributed by atoms with Crippen LogP contribution < -0.4 is 0 Å². The van der Waals surface area contributed by atoms with Crippen LogP contribution in [0.3, 0.4) is 0 Å². The molecule has 2 aromatic carbocycles. The number of rotatable bonds is 6. The van der Waals surface area contributed by atoms with E-state index in [1.165, 1.54) is 72.2 Å². The van der Waals surface area contributed by atoms with Gasteiger partial charge in [-0.2, -0.15) is 0 Å². The lowest BCUT2D eigenvalue weighted by molar-refractivity contribution is -1.01. The van der Waals surface area contributed by atoms with Gasteiger partial charge in [0.25, 0.3) is 0 Å². The molecule has 0 unspecified atom stereocenters. The van der Waals surface area contributed by atoms with Crippen molar-refractivity contribution in [1.82, 2.24) is 0 Å². The zero-order valence-corrected chi connectivity index (χ0v) is 15.3. The number of hydrogen-bond donors (Lipinski definition) is 0. The lowest BCUT2D eigenvalue weighted by Crippen LogP contribution is -2.64. The van der Waals surface area contributed by atoms with E-state index >= 15 is 0 Å². The summed E-state index contributed by atoms with van der Waals surface area (Å²) in [6.07, 6.45) is 2.40. The van der Waals surface area contributed by atoms with Crippen LogP contribution in [0.15, 0.2) is 60.7 Å². The first-order valence-corrected chi connectivity index (χ1v) is 9.32. The molecule has 1 fully saturated rings. The summed E-state index contributed by atoms with van der Waals surface area (Å²) < 4.78 is 2.46. The largest absolute Gasteiger partial charge is 0.316 e. The standard InChI is InChI=1S/C22H32N2/c1-23(15-13-21-9-5-3-6-10-21)17-19-24(2,20-18-23)16-14-22-11-7-4-8-12-22/h3-12H,13-20H2,1-2H3/q+2. The average molecular weight is 325 g/mol. The van der Waals surface area contributed by atoms with E-state index in [0.29, 0.717) is 0 Å². The fraction of sp³-hybridized carbons (Fsp3) is 0.455. The molecule has 0 N–H and O–H groups in total. The number of likely N-dealkylation sites (N-methyl/N-ethyl adjacent to an activating group) is 2.